The van der Waals surface area contributed by atoms with Crippen LogP contribution < -0.4 is 5.32 Å². The molecule has 0 fully saturated rings. The summed E-state index contributed by atoms with van der Waals surface area (Å²) in [6, 6.07) is 11.9. The van der Waals surface area contributed by atoms with Crippen LogP contribution in [0.5, 0.6) is 0 Å². The van der Waals surface area contributed by atoms with Crippen LogP contribution in [0.15, 0.2) is 42.1 Å². The number of hydrogen-bond donors (Lipinski definition) is 1. The van der Waals surface area contributed by atoms with Crippen molar-refractivity contribution >= 4 is 28.5 Å². The van der Waals surface area contributed by atoms with Crippen LogP contribution >= 0.6 is 11.3 Å². The number of amides is 1. The van der Waals surface area contributed by atoms with Gasteiger partial charge in [-0.2, -0.15) is 5.26 Å². The summed E-state index contributed by atoms with van der Waals surface area (Å²) in [6.07, 6.45) is 7.69. The Bertz CT molecular complexity index is 1100. The van der Waals surface area contributed by atoms with Crippen molar-refractivity contribution in [3.8, 4) is 11.8 Å². The van der Waals surface area contributed by atoms with E-state index < -0.39 is 5.91 Å². The largest absolute Gasteiger partial charge is 0.317 e. The molecule has 0 aliphatic heterocycles. The molecule has 0 saturated carbocycles. The Kier molecular flexibility index (Phi) is 7.15. The van der Waals surface area contributed by atoms with Gasteiger partial charge in [-0.05, 0) is 61.7 Å². The highest BCUT2D eigenvalue weighted by Crippen LogP contribution is 2.21. The number of benzene rings is 1. The molecule has 0 saturated heterocycles. The molecule has 1 aromatic carbocycles. The summed E-state index contributed by atoms with van der Waals surface area (Å²) < 4.78 is 1.95. The number of nitrogens with one attached hydrogen (secondary N) is 1. The lowest BCUT2D eigenvalue weighted by Crippen LogP contribution is -2.13. The maximum absolute atomic E-state index is 12.6. The topological polar surface area (TPSA) is 83.6 Å². The third-order valence-corrected chi connectivity index (χ3v) is 5.79. The van der Waals surface area contributed by atoms with Gasteiger partial charge in [0.25, 0.3) is 5.91 Å². The third kappa shape index (κ3) is 5.22. The standard InChI is InChI=1S/C23H25N5OS/c1-4-5-6-9-21-26-27-23(30-21)25-22(29)18(15-24)14-19-8-7-12-28(19)20-11-10-16(2)17(3)13-20/h7-8,10-14H,4-6,9H2,1-3H3,(H,25,27,29)/b18-14-. The Morgan fingerprint density at radius 2 is 2.07 bits per heavy atom. The molecule has 1 amide bonds. The van der Waals surface area contributed by atoms with Crippen molar-refractivity contribution < 1.29 is 4.79 Å². The summed E-state index contributed by atoms with van der Waals surface area (Å²) in [5.41, 5.74) is 4.14. The number of nitriles is 1. The molecule has 3 rings (SSSR count). The van der Waals surface area contributed by atoms with Gasteiger partial charge in [0.2, 0.25) is 5.13 Å². The monoisotopic (exact) mass is 419 g/mol. The number of carbonyl (C=O) groups excluding carboxylic acids is 1. The van der Waals surface area contributed by atoms with Crippen molar-refractivity contribution in [2.45, 2.75) is 46.5 Å². The van der Waals surface area contributed by atoms with Crippen LogP contribution in [0.1, 0.15) is 48.0 Å². The lowest BCUT2D eigenvalue weighted by atomic mass is 10.1. The fourth-order valence-electron chi connectivity index (χ4n) is 3.01. The van der Waals surface area contributed by atoms with Crippen molar-refractivity contribution in [2.24, 2.45) is 0 Å². The van der Waals surface area contributed by atoms with E-state index in [1.54, 1.807) is 6.08 Å². The number of unbranched alkanes of at least 4 members (excludes halogenated alkanes) is 2. The maximum atomic E-state index is 12.6. The Balaban J connectivity index is 1.76. The molecule has 3 aromatic rings. The van der Waals surface area contributed by atoms with Crippen molar-refractivity contribution in [3.05, 3.63) is 63.9 Å². The molecule has 1 N–H and O–H groups in total. The van der Waals surface area contributed by atoms with E-state index in [1.165, 1.54) is 22.5 Å². The summed E-state index contributed by atoms with van der Waals surface area (Å²) in [7, 11) is 0. The molecule has 2 heterocycles. The van der Waals surface area contributed by atoms with Crippen molar-refractivity contribution in [2.75, 3.05) is 5.32 Å². The minimum absolute atomic E-state index is 0.0153. The number of rotatable bonds is 8. The predicted molar refractivity (Wildman–Crippen MR) is 121 cm³/mol. The average Bonchev–Trinajstić information content (AvgIpc) is 3.37. The average molecular weight is 420 g/mol. The van der Waals surface area contributed by atoms with E-state index in [4.69, 9.17) is 0 Å². The van der Waals surface area contributed by atoms with E-state index in [0.717, 1.165) is 42.1 Å². The highest BCUT2D eigenvalue weighted by Gasteiger charge is 2.14. The molecule has 30 heavy (non-hydrogen) atoms. The second-order valence-electron chi connectivity index (χ2n) is 7.15. The molecule has 0 bridgehead atoms. The molecule has 0 atom stereocenters. The molecule has 0 unspecified atom stereocenters. The fraction of sp³-hybridized carbons (Fsp3) is 0.304. The quantitative estimate of drug-likeness (QED) is 0.308. The van der Waals surface area contributed by atoms with Crippen LogP contribution in [0.2, 0.25) is 0 Å². The SMILES string of the molecule is CCCCCc1nnc(NC(=O)/C(C#N)=C\c2cccn2-c2ccc(C)c(C)c2)s1. The van der Waals surface area contributed by atoms with Gasteiger partial charge in [0, 0.05) is 24.0 Å². The van der Waals surface area contributed by atoms with Crippen LogP contribution in [0.4, 0.5) is 5.13 Å². The number of aromatic nitrogens is 3. The lowest BCUT2D eigenvalue weighted by Gasteiger charge is -2.09. The Labute approximate surface area is 180 Å². The minimum Gasteiger partial charge on any atom is -0.317 e. The van der Waals surface area contributed by atoms with E-state index in [1.807, 2.05) is 35.0 Å². The zero-order chi connectivity index (χ0) is 21.5. The van der Waals surface area contributed by atoms with Gasteiger partial charge in [-0.3, -0.25) is 10.1 Å². The van der Waals surface area contributed by atoms with Crippen molar-refractivity contribution in [1.82, 2.24) is 14.8 Å². The zero-order valence-corrected chi connectivity index (χ0v) is 18.3. The van der Waals surface area contributed by atoms with E-state index in [2.05, 4.69) is 48.4 Å². The number of hydrogen-bond acceptors (Lipinski definition) is 5. The summed E-state index contributed by atoms with van der Waals surface area (Å²) in [5, 5.41) is 21.7. The van der Waals surface area contributed by atoms with Crippen LogP contribution in [-0.2, 0) is 11.2 Å². The third-order valence-electron chi connectivity index (χ3n) is 4.89. The molecule has 7 heteroatoms. The fourth-order valence-corrected chi connectivity index (χ4v) is 3.79. The second kappa shape index (κ2) is 9.99. The lowest BCUT2D eigenvalue weighted by molar-refractivity contribution is -0.112. The Morgan fingerprint density at radius 3 is 2.80 bits per heavy atom. The van der Waals surface area contributed by atoms with E-state index >= 15 is 0 Å². The van der Waals surface area contributed by atoms with Gasteiger partial charge < -0.3 is 4.57 Å². The molecule has 2 aromatic heterocycles. The van der Waals surface area contributed by atoms with Gasteiger partial charge in [0.1, 0.15) is 16.6 Å². The van der Waals surface area contributed by atoms with Gasteiger partial charge in [-0.1, -0.05) is 37.2 Å². The van der Waals surface area contributed by atoms with Crippen LogP contribution in [0, 0.1) is 25.2 Å². The number of carbonyl (C=O) groups is 1. The molecule has 154 valence electrons. The normalized spacial score (nSPS) is 11.3. The molecule has 0 spiro atoms. The highest BCUT2D eigenvalue weighted by atomic mass is 32.1. The molecule has 0 aliphatic rings. The summed E-state index contributed by atoms with van der Waals surface area (Å²) in [5.74, 6) is -0.485. The van der Waals surface area contributed by atoms with Crippen molar-refractivity contribution in [3.63, 3.8) is 0 Å². The smallest absolute Gasteiger partial charge is 0.268 e. The second-order valence-corrected chi connectivity index (χ2v) is 8.22. The molecule has 0 aliphatic carbocycles. The van der Waals surface area contributed by atoms with Crippen molar-refractivity contribution in [1.29, 1.82) is 5.26 Å². The first-order valence-corrected chi connectivity index (χ1v) is 10.8. The van der Waals surface area contributed by atoms with Crippen LogP contribution in [-0.4, -0.2) is 20.7 Å². The molecular formula is C23H25N5OS. The van der Waals surface area contributed by atoms with Gasteiger partial charge >= 0.3 is 0 Å². The number of anilines is 1. The first kappa shape index (κ1) is 21.5. The van der Waals surface area contributed by atoms with E-state index in [9.17, 15) is 10.1 Å². The van der Waals surface area contributed by atoms with Gasteiger partial charge in [-0.15, -0.1) is 10.2 Å². The first-order chi connectivity index (χ1) is 14.5. The Morgan fingerprint density at radius 1 is 1.23 bits per heavy atom. The van der Waals surface area contributed by atoms with Gasteiger partial charge in [-0.25, -0.2) is 0 Å². The molecular weight excluding hydrogens is 394 g/mol. The number of nitrogens with zero attached hydrogens (tertiary/aromatic N) is 4. The predicted octanol–water partition coefficient (Wildman–Crippen LogP) is 5.22. The van der Waals surface area contributed by atoms with Crippen LogP contribution in [0.3, 0.4) is 0 Å². The Hall–Kier alpha value is -3.24. The summed E-state index contributed by atoms with van der Waals surface area (Å²) >= 11 is 1.35. The first-order valence-electron chi connectivity index (χ1n) is 10.0. The van der Waals surface area contributed by atoms with E-state index in [-0.39, 0.29) is 5.57 Å². The van der Waals surface area contributed by atoms with Gasteiger partial charge in [0.05, 0.1) is 0 Å². The minimum atomic E-state index is -0.485. The zero-order valence-electron chi connectivity index (χ0n) is 17.5. The van der Waals surface area contributed by atoms with Crippen LogP contribution in [0.25, 0.3) is 11.8 Å². The molecule has 6 nitrogen and oxygen atoms in total. The molecule has 0 radical (unpaired) electrons. The number of aryl methyl sites for hydroxylation is 3. The van der Waals surface area contributed by atoms with Gasteiger partial charge in [0.15, 0.2) is 0 Å². The summed E-state index contributed by atoms with van der Waals surface area (Å²) in [4.78, 5) is 12.6. The highest BCUT2D eigenvalue weighted by molar-refractivity contribution is 7.15. The maximum Gasteiger partial charge on any atom is 0.268 e. The summed E-state index contributed by atoms with van der Waals surface area (Å²) in [6.45, 7) is 6.28. The van der Waals surface area contributed by atoms with E-state index in [0.29, 0.717) is 5.13 Å².